The van der Waals surface area contributed by atoms with Crippen LogP contribution in [0.5, 0.6) is 0 Å². The number of hydrogen-bond donors (Lipinski definition) is 0. The van der Waals surface area contributed by atoms with E-state index in [1.54, 1.807) is 0 Å². The van der Waals surface area contributed by atoms with Gasteiger partial charge in [0, 0.05) is 0 Å². The minimum atomic E-state index is -3.79. The lowest BCUT2D eigenvalue weighted by Crippen LogP contribution is -2.23. The number of hydrogen-bond acceptors (Lipinski definition) is 2. The second-order valence-electron chi connectivity index (χ2n) is 2.62. The summed E-state index contributed by atoms with van der Waals surface area (Å²) in [6, 6.07) is 0. The van der Waals surface area contributed by atoms with Crippen molar-refractivity contribution < 1.29 is 22.5 Å². The molecule has 0 unspecified atom stereocenters. The van der Waals surface area contributed by atoms with Crippen LogP contribution in [0.4, 0.5) is 13.2 Å². The van der Waals surface area contributed by atoms with Gasteiger partial charge in [0.25, 0.3) is 0 Å². The molecule has 0 spiro atoms. The van der Waals surface area contributed by atoms with Crippen LogP contribution in [0.25, 0.3) is 0 Å². The maximum absolute atomic E-state index is 12.0. The molecule has 0 fully saturated rings. The van der Waals surface area contributed by atoms with Gasteiger partial charge in [-0.05, 0) is 13.3 Å². The predicted molar refractivity (Wildman–Crippen MR) is 36.3 cm³/mol. The molecule has 0 saturated heterocycles. The maximum Gasteiger partial charge on any atom is 0.384 e. The summed E-state index contributed by atoms with van der Waals surface area (Å²) < 4.78 is 49.9. The van der Waals surface area contributed by atoms with E-state index >= 15 is 0 Å². The fourth-order valence-corrected chi connectivity index (χ4v) is 0.788. The lowest BCUT2D eigenvalue weighted by atomic mass is 10.7. The van der Waals surface area contributed by atoms with Gasteiger partial charge in [-0.1, -0.05) is 0 Å². The summed E-state index contributed by atoms with van der Waals surface area (Å²) >= 11 is 0. The van der Waals surface area contributed by atoms with Crippen molar-refractivity contribution in [3.8, 4) is 0 Å². The predicted octanol–water partition coefficient (Wildman–Crippen LogP) is 2.15. The first-order valence-corrected chi connectivity index (χ1v) is 5.67. The fraction of sp³-hybridized carbons (Fsp3) is 1.00. The molecule has 0 saturated carbocycles. The zero-order chi connectivity index (χ0) is 9.12. The average Bonchev–Trinajstić information content (AvgIpc) is 1.83. The molecule has 0 aliphatic carbocycles. The Labute approximate surface area is 63.1 Å². The number of alkyl halides is 3. The van der Waals surface area contributed by atoms with Gasteiger partial charge < -0.3 is 9.30 Å². The van der Waals surface area contributed by atoms with Crippen molar-refractivity contribution in [2.45, 2.75) is 6.11 Å². The smallest absolute Gasteiger partial charge is 0.322 e. The minimum Gasteiger partial charge on any atom is -0.322 e. The molecule has 0 atom stereocenters. The normalized spacial score (nSPS) is 13.5. The van der Waals surface area contributed by atoms with E-state index in [4.69, 9.17) is 0 Å². The van der Waals surface area contributed by atoms with Crippen LogP contribution in [0, 0.1) is 0 Å². The van der Waals surface area contributed by atoms with Gasteiger partial charge in [-0.3, -0.25) is 0 Å². The SMILES string of the molecule is CP(C)(=O)COC(F)(F)CF. The number of rotatable bonds is 4. The van der Waals surface area contributed by atoms with Crippen LogP contribution in [0.15, 0.2) is 0 Å². The van der Waals surface area contributed by atoms with Crippen LogP contribution in [0.1, 0.15) is 0 Å². The molecule has 0 rings (SSSR count). The van der Waals surface area contributed by atoms with Gasteiger partial charge in [-0.15, -0.1) is 0 Å². The average molecular weight is 190 g/mol. The van der Waals surface area contributed by atoms with Gasteiger partial charge in [0.05, 0.1) is 0 Å². The molecule has 0 radical (unpaired) electrons. The van der Waals surface area contributed by atoms with E-state index in [-0.39, 0.29) is 0 Å². The Hall–Kier alpha value is -0.0200. The Morgan fingerprint density at radius 1 is 1.45 bits per heavy atom. The molecule has 0 N–H and O–H groups in total. The van der Waals surface area contributed by atoms with Crippen LogP contribution in [-0.4, -0.2) is 32.5 Å². The zero-order valence-corrected chi connectivity index (χ0v) is 7.21. The van der Waals surface area contributed by atoms with Crippen molar-refractivity contribution in [1.29, 1.82) is 0 Å². The van der Waals surface area contributed by atoms with Crippen LogP contribution in [0.2, 0.25) is 0 Å². The summed E-state index contributed by atoms with van der Waals surface area (Å²) in [4.78, 5) is 0. The lowest BCUT2D eigenvalue weighted by Gasteiger charge is -2.14. The Morgan fingerprint density at radius 2 is 1.91 bits per heavy atom. The van der Waals surface area contributed by atoms with E-state index in [0.29, 0.717) is 0 Å². The van der Waals surface area contributed by atoms with E-state index < -0.39 is 26.3 Å². The summed E-state index contributed by atoms with van der Waals surface area (Å²) in [5.41, 5.74) is 0. The first-order chi connectivity index (χ1) is 4.77. The second-order valence-corrected chi connectivity index (χ2v) is 6.02. The van der Waals surface area contributed by atoms with Crippen molar-refractivity contribution in [1.82, 2.24) is 0 Å². The van der Waals surface area contributed by atoms with Crippen LogP contribution in [-0.2, 0) is 9.30 Å². The third-order valence-corrected chi connectivity index (χ3v) is 1.49. The fourth-order valence-electron chi connectivity index (χ4n) is 0.288. The summed E-state index contributed by atoms with van der Waals surface area (Å²) in [5.74, 6) is 0. The number of ether oxygens (including phenoxy) is 1. The summed E-state index contributed by atoms with van der Waals surface area (Å²) in [7, 11) is -2.64. The van der Waals surface area contributed by atoms with E-state index in [9.17, 15) is 17.7 Å². The van der Waals surface area contributed by atoms with Gasteiger partial charge in [-0.2, -0.15) is 8.78 Å². The van der Waals surface area contributed by atoms with Crippen molar-refractivity contribution >= 4 is 7.14 Å². The highest BCUT2D eigenvalue weighted by molar-refractivity contribution is 7.62. The quantitative estimate of drug-likeness (QED) is 0.635. The maximum atomic E-state index is 12.0. The minimum absolute atomic E-state index is 0.593. The third-order valence-electron chi connectivity index (χ3n) is 0.742. The lowest BCUT2D eigenvalue weighted by molar-refractivity contribution is -0.235. The van der Waals surface area contributed by atoms with Gasteiger partial charge >= 0.3 is 6.11 Å². The van der Waals surface area contributed by atoms with Gasteiger partial charge in [-0.25, -0.2) is 4.39 Å². The number of halogens is 3. The summed E-state index contributed by atoms with van der Waals surface area (Å²) in [5, 5.41) is 0. The first-order valence-electron chi connectivity index (χ1n) is 2.88. The highest BCUT2D eigenvalue weighted by atomic mass is 31.2. The molecule has 0 bridgehead atoms. The molecule has 0 aromatic heterocycles. The Kier molecular flexibility index (Phi) is 3.58. The van der Waals surface area contributed by atoms with Crippen molar-refractivity contribution in [3.63, 3.8) is 0 Å². The molecule has 0 heterocycles. The molecular weight excluding hydrogens is 180 g/mol. The Bertz CT molecular complexity index is 165. The Balaban J connectivity index is 3.80. The van der Waals surface area contributed by atoms with Crippen molar-refractivity contribution in [2.24, 2.45) is 0 Å². The van der Waals surface area contributed by atoms with Gasteiger partial charge in [0.15, 0.2) is 6.67 Å². The van der Waals surface area contributed by atoms with Crippen molar-refractivity contribution in [3.05, 3.63) is 0 Å². The van der Waals surface area contributed by atoms with Crippen molar-refractivity contribution in [2.75, 3.05) is 26.4 Å². The third kappa shape index (κ3) is 6.38. The molecule has 6 heteroatoms. The molecule has 0 aromatic rings. The molecule has 2 nitrogen and oxygen atoms in total. The monoisotopic (exact) mass is 190 g/mol. The molecule has 11 heavy (non-hydrogen) atoms. The largest absolute Gasteiger partial charge is 0.384 e. The second kappa shape index (κ2) is 3.59. The zero-order valence-electron chi connectivity index (χ0n) is 6.31. The van der Waals surface area contributed by atoms with Gasteiger partial charge in [0.2, 0.25) is 0 Å². The molecule has 0 aliphatic rings. The van der Waals surface area contributed by atoms with E-state index in [0.717, 1.165) is 0 Å². The molecule has 0 aliphatic heterocycles. The van der Waals surface area contributed by atoms with Crippen LogP contribution >= 0.6 is 7.14 Å². The molecular formula is C5H10F3O2P. The Morgan fingerprint density at radius 3 is 2.18 bits per heavy atom. The highest BCUT2D eigenvalue weighted by Gasteiger charge is 2.31. The highest BCUT2D eigenvalue weighted by Crippen LogP contribution is 2.37. The molecule has 0 aromatic carbocycles. The molecule has 0 amide bonds. The topological polar surface area (TPSA) is 26.3 Å². The van der Waals surface area contributed by atoms with Gasteiger partial charge in [0.1, 0.15) is 13.5 Å². The van der Waals surface area contributed by atoms with E-state index in [1.807, 2.05) is 0 Å². The van der Waals surface area contributed by atoms with Crippen LogP contribution < -0.4 is 0 Å². The summed E-state index contributed by atoms with van der Waals surface area (Å²) in [6.45, 7) is 0.704. The summed E-state index contributed by atoms with van der Waals surface area (Å²) in [6.07, 6.45) is -4.38. The van der Waals surface area contributed by atoms with Crippen LogP contribution in [0.3, 0.4) is 0 Å². The van der Waals surface area contributed by atoms with E-state index in [1.165, 1.54) is 13.3 Å². The molecule has 68 valence electrons. The van der Waals surface area contributed by atoms with E-state index in [2.05, 4.69) is 4.74 Å². The standard InChI is InChI=1S/C5H10F3O2P/c1-11(2,9)4-10-5(7,8)3-6/h3-4H2,1-2H3. The first kappa shape index (κ1) is 11.0.